The average Bonchev–Trinajstić information content (AvgIpc) is 2.44. The Labute approximate surface area is 135 Å². The van der Waals surface area contributed by atoms with Crippen molar-refractivity contribution in [3.8, 4) is 6.07 Å². The van der Waals surface area contributed by atoms with Crippen molar-refractivity contribution in [3.63, 3.8) is 0 Å². The Kier molecular flexibility index (Phi) is 7.00. The van der Waals surface area contributed by atoms with Gasteiger partial charge in [-0.3, -0.25) is 4.79 Å². The predicted octanol–water partition coefficient (Wildman–Crippen LogP) is 3.60. The zero-order valence-corrected chi connectivity index (χ0v) is 14.5. The Balaban J connectivity index is 2.60. The smallest absolute Gasteiger partial charge is 0.225 e. The summed E-state index contributed by atoms with van der Waals surface area (Å²) in [5.74, 6) is 0.268. The third kappa shape index (κ3) is 4.78. The van der Waals surface area contributed by atoms with Gasteiger partial charge in [0.25, 0.3) is 0 Å². The fourth-order valence-corrected chi connectivity index (χ4v) is 2.69. The number of hydrogen-bond acceptors (Lipinski definition) is 2. The molecule has 0 aliphatic carbocycles. The lowest BCUT2D eigenvalue weighted by atomic mass is 10.1. The number of amides is 1. The number of rotatable bonds is 6. The number of benzene rings is 1. The van der Waals surface area contributed by atoms with Crippen LogP contribution in [0, 0.1) is 20.8 Å². The quantitative estimate of drug-likeness (QED) is 0.704. The van der Waals surface area contributed by atoms with Crippen LogP contribution in [-0.4, -0.2) is 23.9 Å². The summed E-state index contributed by atoms with van der Waals surface area (Å²) in [6.07, 6.45) is 1.83. The molecule has 0 saturated heterocycles. The summed E-state index contributed by atoms with van der Waals surface area (Å²) in [5, 5.41) is 8.93. The van der Waals surface area contributed by atoms with Gasteiger partial charge >= 0.3 is 0 Å². The number of halogens is 1. The summed E-state index contributed by atoms with van der Waals surface area (Å²) < 4.78 is 1.18. The molecule has 0 radical (unpaired) electrons. The number of nitrogens with zero attached hydrogens (tertiary/aromatic N) is 2. The van der Waals surface area contributed by atoms with Crippen LogP contribution < -0.4 is 0 Å². The van der Waals surface area contributed by atoms with Gasteiger partial charge in [0.15, 0.2) is 0 Å². The summed E-state index contributed by atoms with van der Waals surface area (Å²) in [6.45, 7) is 7.42. The van der Waals surface area contributed by atoms with E-state index in [1.807, 2.05) is 43.9 Å². The molecular formula is C16H21IN2O. The minimum absolute atomic E-state index is 0.0528. The summed E-state index contributed by atoms with van der Waals surface area (Å²) in [4.78, 5) is 13.9. The first-order chi connectivity index (χ1) is 9.49. The zero-order chi connectivity index (χ0) is 15.1. The van der Waals surface area contributed by atoms with Gasteiger partial charge in [0.05, 0.1) is 11.6 Å². The van der Waals surface area contributed by atoms with E-state index in [0.717, 1.165) is 25.9 Å². The maximum absolute atomic E-state index is 12.0. The Hall–Kier alpha value is -1.09. The lowest BCUT2D eigenvalue weighted by molar-refractivity contribution is -0.134. The Morgan fingerprint density at radius 3 is 2.70 bits per heavy atom. The molecule has 1 rings (SSSR count). The van der Waals surface area contributed by atoms with E-state index >= 15 is 0 Å². The van der Waals surface area contributed by atoms with Crippen LogP contribution >= 0.6 is 22.6 Å². The van der Waals surface area contributed by atoms with Gasteiger partial charge in [0, 0.05) is 22.6 Å². The summed E-state index contributed by atoms with van der Waals surface area (Å²) in [5.41, 5.74) is 1.89. The average molecular weight is 384 g/mol. The van der Waals surface area contributed by atoms with Crippen molar-refractivity contribution in [1.82, 2.24) is 4.90 Å². The first-order valence-corrected chi connectivity index (χ1v) is 8.04. The van der Waals surface area contributed by atoms with Gasteiger partial charge in [-0.25, -0.2) is 0 Å². The van der Waals surface area contributed by atoms with Gasteiger partial charge in [-0.1, -0.05) is 13.8 Å². The maximum Gasteiger partial charge on any atom is 0.225 e. The molecular weight excluding hydrogens is 363 g/mol. The number of hydrogen-bond donors (Lipinski definition) is 0. The third-order valence-corrected chi connectivity index (χ3v) is 4.29. The lowest BCUT2D eigenvalue weighted by Crippen LogP contribution is -2.35. The minimum atomic E-state index is 0.0528. The Morgan fingerprint density at radius 2 is 2.15 bits per heavy atom. The molecule has 3 nitrogen and oxygen atoms in total. The van der Waals surface area contributed by atoms with E-state index in [1.165, 1.54) is 9.13 Å². The largest absolute Gasteiger partial charge is 0.343 e. The predicted molar refractivity (Wildman–Crippen MR) is 89.3 cm³/mol. The molecule has 108 valence electrons. The fraction of sp³-hybridized carbons (Fsp3) is 0.500. The highest BCUT2D eigenvalue weighted by Crippen LogP contribution is 2.16. The second-order valence-corrected chi connectivity index (χ2v) is 6.26. The van der Waals surface area contributed by atoms with Crippen LogP contribution in [0.3, 0.4) is 0 Å². The topological polar surface area (TPSA) is 44.1 Å². The standard InChI is InChI=1S/C16H21IN2O/c1-4-19(16(20)12(2)3)9-5-6-14-10-13(11-18)7-8-15(14)17/h7-8,10,12H,4-6,9H2,1-3H3. The highest BCUT2D eigenvalue weighted by atomic mass is 127. The molecule has 0 aliphatic heterocycles. The summed E-state index contributed by atoms with van der Waals surface area (Å²) in [6, 6.07) is 7.93. The number of carbonyl (C=O) groups is 1. The molecule has 0 spiro atoms. The molecule has 0 unspecified atom stereocenters. The maximum atomic E-state index is 12.0. The fourth-order valence-electron chi connectivity index (χ4n) is 2.09. The van der Waals surface area contributed by atoms with E-state index in [-0.39, 0.29) is 11.8 Å². The van der Waals surface area contributed by atoms with Gasteiger partial charge < -0.3 is 4.90 Å². The highest BCUT2D eigenvalue weighted by molar-refractivity contribution is 14.1. The molecule has 0 heterocycles. The van der Waals surface area contributed by atoms with Crippen molar-refractivity contribution in [2.75, 3.05) is 13.1 Å². The number of carbonyl (C=O) groups excluding carboxylic acids is 1. The molecule has 1 aromatic carbocycles. The van der Waals surface area contributed by atoms with E-state index in [2.05, 4.69) is 28.7 Å². The SMILES string of the molecule is CCN(CCCc1cc(C#N)ccc1I)C(=O)C(C)C. The first kappa shape index (κ1) is 17.0. The number of nitriles is 1. The summed E-state index contributed by atoms with van der Waals surface area (Å²) in [7, 11) is 0. The molecule has 0 fully saturated rings. The van der Waals surface area contributed by atoms with E-state index < -0.39 is 0 Å². The van der Waals surface area contributed by atoms with Crippen LogP contribution in [0.15, 0.2) is 18.2 Å². The van der Waals surface area contributed by atoms with Crippen LogP contribution in [0.4, 0.5) is 0 Å². The minimum Gasteiger partial charge on any atom is -0.343 e. The van der Waals surface area contributed by atoms with E-state index in [0.29, 0.717) is 5.56 Å². The van der Waals surface area contributed by atoms with Crippen LogP contribution in [0.25, 0.3) is 0 Å². The van der Waals surface area contributed by atoms with E-state index in [9.17, 15) is 4.79 Å². The van der Waals surface area contributed by atoms with Gasteiger partial charge in [-0.2, -0.15) is 5.26 Å². The van der Waals surface area contributed by atoms with Gasteiger partial charge in [-0.05, 0) is 66.1 Å². The lowest BCUT2D eigenvalue weighted by Gasteiger charge is -2.23. The van der Waals surface area contributed by atoms with Crippen molar-refractivity contribution >= 4 is 28.5 Å². The van der Waals surface area contributed by atoms with Crippen LogP contribution in [0.5, 0.6) is 0 Å². The van der Waals surface area contributed by atoms with Crippen molar-refractivity contribution in [2.45, 2.75) is 33.6 Å². The number of aryl methyl sites for hydroxylation is 1. The van der Waals surface area contributed by atoms with Crippen molar-refractivity contribution < 1.29 is 4.79 Å². The molecule has 0 N–H and O–H groups in total. The van der Waals surface area contributed by atoms with Gasteiger partial charge in [-0.15, -0.1) is 0 Å². The molecule has 20 heavy (non-hydrogen) atoms. The monoisotopic (exact) mass is 384 g/mol. The van der Waals surface area contributed by atoms with Gasteiger partial charge in [0.1, 0.15) is 0 Å². The molecule has 1 amide bonds. The second kappa shape index (κ2) is 8.25. The van der Waals surface area contributed by atoms with Crippen molar-refractivity contribution in [2.24, 2.45) is 5.92 Å². The third-order valence-electron chi connectivity index (χ3n) is 3.24. The second-order valence-electron chi connectivity index (χ2n) is 5.09. The van der Waals surface area contributed by atoms with Crippen molar-refractivity contribution in [1.29, 1.82) is 5.26 Å². The van der Waals surface area contributed by atoms with E-state index in [1.54, 1.807) is 0 Å². The molecule has 1 aromatic rings. The van der Waals surface area contributed by atoms with E-state index in [4.69, 9.17) is 5.26 Å². The summed E-state index contributed by atoms with van der Waals surface area (Å²) >= 11 is 2.29. The molecule has 0 bridgehead atoms. The van der Waals surface area contributed by atoms with Crippen LogP contribution in [0.2, 0.25) is 0 Å². The van der Waals surface area contributed by atoms with Crippen LogP contribution in [0.1, 0.15) is 38.3 Å². The molecule has 0 atom stereocenters. The molecule has 0 saturated carbocycles. The Bertz CT molecular complexity index is 506. The molecule has 0 aliphatic rings. The first-order valence-electron chi connectivity index (χ1n) is 6.96. The zero-order valence-electron chi connectivity index (χ0n) is 12.3. The van der Waals surface area contributed by atoms with Gasteiger partial charge in [0.2, 0.25) is 5.91 Å². The van der Waals surface area contributed by atoms with Crippen molar-refractivity contribution in [3.05, 3.63) is 32.9 Å². The Morgan fingerprint density at radius 1 is 1.45 bits per heavy atom. The molecule has 4 heteroatoms. The molecule has 0 aromatic heterocycles. The highest BCUT2D eigenvalue weighted by Gasteiger charge is 2.14. The van der Waals surface area contributed by atoms with Crippen LogP contribution in [-0.2, 0) is 11.2 Å². The normalized spacial score (nSPS) is 10.4.